The Morgan fingerprint density at radius 1 is 1.05 bits per heavy atom. The highest BCUT2D eigenvalue weighted by Gasteiger charge is 2.54. The van der Waals surface area contributed by atoms with E-state index in [1.807, 2.05) is 36.4 Å². The van der Waals surface area contributed by atoms with Crippen molar-refractivity contribution in [1.29, 1.82) is 0 Å². The summed E-state index contributed by atoms with van der Waals surface area (Å²) in [5, 5.41) is 4.20. The summed E-state index contributed by atoms with van der Waals surface area (Å²) in [6.45, 7) is 4.35. The number of fused-ring (bicyclic) bond motifs is 3. The van der Waals surface area contributed by atoms with E-state index in [9.17, 15) is 4.79 Å². The van der Waals surface area contributed by atoms with Crippen molar-refractivity contribution in [2.75, 3.05) is 32.8 Å². The van der Waals surface area contributed by atoms with Crippen LogP contribution in [0.3, 0.4) is 0 Å². The predicted molar refractivity (Wildman–Crippen MR) is 169 cm³/mol. The van der Waals surface area contributed by atoms with E-state index >= 15 is 0 Å². The number of hydrogen-bond donors (Lipinski definition) is 1. The second-order valence-electron chi connectivity index (χ2n) is 12.7. The second kappa shape index (κ2) is 12.4. The van der Waals surface area contributed by atoms with Crippen LogP contribution in [0.4, 0.5) is 5.69 Å². The van der Waals surface area contributed by atoms with E-state index in [1.165, 1.54) is 23.8 Å². The third kappa shape index (κ3) is 5.97. The molecule has 0 radical (unpaired) electrons. The Bertz CT molecular complexity index is 1450. The molecule has 2 atom stereocenters. The number of ether oxygens (including phenoxy) is 4. The predicted octanol–water partition coefficient (Wildman–Crippen LogP) is 7.53. The van der Waals surface area contributed by atoms with Gasteiger partial charge in [0, 0.05) is 23.7 Å². The van der Waals surface area contributed by atoms with E-state index < -0.39 is 5.54 Å². The summed E-state index contributed by atoms with van der Waals surface area (Å²) in [7, 11) is 3.16. The summed E-state index contributed by atoms with van der Waals surface area (Å²) in [5.41, 5.74) is 5.40. The summed E-state index contributed by atoms with van der Waals surface area (Å²) >= 11 is 6.29. The Morgan fingerprint density at radius 2 is 1.84 bits per heavy atom. The molecule has 6 nitrogen and oxygen atoms in total. The van der Waals surface area contributed by atoms with Gasteiger partial charge in [0.05, 0.1) is 27.4 Å². The maximum Gasteiger partial charge on any atom is 0.331 e. The minimum Gasteiger partial charge on any atom is -0.497 e. The molecule has 6 rings (SSSR count). The lowest BCUT2D eigenvalue weighted by atomic mass is 9.59. The molecule has 3 aromatic rings. The number of carbonyl (C=O) groups is 1. The molecule has 0 bridgehead atoms. The van der Waals surface area contributed by atoms with Gasteiger partial charge in [0.25, 0.3) is 0 Å². The molecule has 1 fully saturated rings. The van der Waals surface area contributed by atoms with Crippen LogP contribution < -0.4 is 14.8 Å². The van der Waals surface area contributed by atoms with Gasteiger partial charge in [-0.05, 0) is 114 Å². The maximum absolute atomic E-state index is 13.4. The van der Waals surface area contributed by atoms with E-state index in [0.717, 1.165) is 61.5 Å². The van der Waals surface area contributed by atoms with Crippen LogP contribution in [0.5, 0.6) is 11.5 Å². The normalized spacial score (nSPS) is 24.6. The molecule has 0 saturated heterocycles. The van der Waals surface area contributed by atoms with Gasteiger partial charge in [-0.2, -0.15) is 0 Å². The number of hydrogen-bond acceptors (Lipinski definition) is 6. The minimum absolute atomic E-state index is 0.00469. The first-order valence-electron chi connectivity index (χ1n) is 15.5. The molecular formula is C36H42ClNO5. The van der Waals surface area contributed by atoms with Gasteiger partial charge in [-0.1, -0.05) is 42.8 Å². The van der Waals surface area contributed by atoms with Crippen molar-refractivity contribution < 1.29 is 23.7 Å². The summed E-state index contributed by atoms with van der Waals surface area (Å²) in [6.07, 6.45) is 6.26. The van der Waals surface area contributed by atoms with Crippen molar-refractivity contribution in [2.24, 2.45) is 11.8 Å². The number of anilines is 1. The number of benzene rings is 3. The first-order chi connectivity index (χ1) is 20.8. The molecule has 3 aromatic carbocycles. The van der Waals surface area contributed by atoms with Gasteiger partial charge in [-0.15, -0.1) is 0 Å². The Kier molecular flexibility index (Phi) is 8.61. The Balaban J connectivity index is 1.21. The molecule has 1 spiro atoms. The third-order valence-corrected chi connectivity index (χ3v) is 10.2. The molecule has 0 amide bonds. The fraction of sp³-hybridized carbons (Fsp3) is 0.472. The lowest BCUT2D eigenvalue weighted by Crippen LogP contribution is -2.53. The van der Waals surface area contributed by atoms with Crippen LogP contribution in [0.15, 0.2) is 60.7 Å². The largest absolute Gasteiger partial charge is 0.497 e. The summed E-state index contributed by atoms with van der Waals surface area (Å²) < 4.78 is 22.8. The van der Waals surface area contributed by atoms with Gasteiger partial charge in [0.2, 0.25) is 0 Å². The first kappa shape index (κ1) is 29.8. The summed E-state index contributed by atoms with van der Waals surface area (Å²) in [6, 6.07) is 20.4. The van der Waals surface area contributed by atoms with Crippen LogP contribution in [0.25, 0.3) is 0 Å². The molecular weight excluding hydrogens is 562 g/mol. The Hall–Kier alpha value is -3.22. The van der Waals surface area contributed by atoms with Gasteiger partial charge in [-0.3, -0.25) is 0 Å². The molecule has 1 heterocycles. The molecule has 0 aromatic heterocycles. The number of methoxy groups -OCH3 is 2. The molecule has 228 valence electrons. The van der Waals surface area contributed by atoms with Crippen molar-refractivity contribution in [2.45, 2.75) is 69.4 Å². The molecule has 7 heteroatoms. The minimum atomic E-state index is -0.787. The molecule has 1 aliphatic heterocycles. The van der Waals surface area contributed by atoms with Gasteiger partial charge in [-0.25, -0.2) is 4.79 Å². The zero-order valence-electron chi connectivity index (χ0n) is 25.4. The van der Waals surface area contributed by atoms with Crippen LogP contribution in [-0.2, 0) is 39.1 Å². The van der Waals surface area contributed by atoms with Gasteiger partial charge >= 0.3 is 5.97 Å². The Morgan fingerprint density at radius 3 is 2.56 bits per heavy atom. The third-order valence-electron chi connectivity index (χ3n) is 10.00. The average molecular weight is 604 g/mol. The first-order valence-corrected chi connectivity index (χ1v) is 15.8. The monoisotopic (exact) mass is 603 g/mol. The number of carbonyl (C=O) groups excluding carboxylic acids is 1. The van der Waals surface area contributed by atoms with Crippen molar-refractivity contribution >= 4 is 23.3 Å². The van der Waals surface area contributed by atoms with Crippen LogP contribution in [0.2, 0.25) is 5.02 Å². The van der Waals surface area contributed by atoms with E-state index in [-0.39, 0.29) is 11.4 Å². The van der Waals surface area contributed by atoms with Gasteiger partial charge < -0.3 is 24.3 Å². The highest BCUT2D eigenvalue weighted by molar-refractivity contribution is 6.30. The van der Waals surface area contributed by atoms with E-state index in [1.54, 1.807) is 7.11 Å². The second-order valence-corrected chi connectivity index (χ2v) is 13.1. The van der Waals surface area contributed by atoms with Crippen molar-refractivity contribution in [3.8, 4) is 11.5 Å². The lowest BCUT2D eigenvalue weighted by molar-refractivity contribution is -0.148. The van der Waals surface area contributed by atoms with Crippen molar-refractivity contribution in [1.82, 2.24) is 0 Å². The fourth-order valence-electron chi connectivity index (χ4n) is 7.76. The van der Waals surface area contributed by atoms with E-state index in [2.05, 4.69) is 36.5 Å². The molecule has 3 aliphatic rings. The van der Waals surface area contributed by atoms with Crippen LogP contribution in [0.1, 0.15) is 61.3 Å². The quantitative estimate of drug-likeness (QED) is 0.242. The molecule has 43 heavy (non-hydrogen) atoms. The van der Waals surface area contributed by atoms with Crippen LogP contribution >= 0.6 is 11.6 Å². The van der Waals surface area contributed by atoms with Gasteiger partial charge in [0.15, 0.2) is 0 Å². The van der Waals surface area contributed by atoms with Gasteiger partial charge in [0.1, 0.15) is 17.0 Å². The molecule has 1 unspecified atom stereocenters. The standard InChI is InChI=1S/C36H42ClNO5/c1-24(22-42-23-25-7-9-31(40-2)10-8-25)17-28-18-27-20-33-26(11-16-43-33)19-32(27)35(28)12-14-36(15-13-35,34(39)41-3)38-30-6-4-5-29(37)21-30/h4-10,19-21,24,28,38H,11-18,22-23H2,1-3H3/t24-,28?,35?,36?/m1/s1. The zero-order chi connectivity index (χ0) is 30.0. The van der Waals surface area contributed by atoms with Crippen molar-refractivity contribution in [3.63, 3.8) is 0 Å². The van der Waals surface area contributed by atoms with E-state index in [0.29, 0.717) is 42.9 Å². The summed E-state index contributed by atoms with van der Waals surface area (Å²) in [5.74, 6) is 2.56. The SMILES string of the molecule is COC(=O)C1(Nc2cccc(Cl)c2)CCC2(CC1)c1cc3c(cc1CC2C[C@@H](C)COCc1ccc(OC)cc1)OCC3. The maximum atomic E-state index is 13.4. The van der Waals surface area contributed by atoms with Crippen LogP contribution in [-0.4, -0.2) is 38.9 Å². The smallest absolute Gasteiger partial charge is 0.331 e. The fourth-order valence-corrected chi connectivity index (χ4v) is 7.95. The lowest BCUT2D eigenvalue weighted by Gasteiger charge is -2.48. The highest BCUT2D eigenvalue weighted by atomic mass is 35.5. The number of nitrogens with one attached hydrogen (secondary N) is 1. The number of halogens is 1. The van der Waals surface area contributed by atoms with E-state index in [4.69, 9.17) is 30.5 Å². The number of esters is 1. The molecule has 1 N–H and O–H groups in total. The van der Waals surface area contributed by atoms with Crippen LogP contribution in [0, 0.1) is 11.8 Å². The molecule has 1 saturated carbocycles. The summed E-state index contributed by atoms with van der Waals surface area (Å²) in [4.78, 5) is 13.4. The zero-order valence-corrected chi connectivity index (χ0v) is 26.2. The number of rotatable bonds is 10. The highest BCUT2D eigenvalue weighted by Crippen LogP contribution is 2.57. The van der Waals surface area contributed by atoms with Crippen molar-refractivity contribution in [3.05, 3.63) is 87.9 Å². The Labute approximate surface area is 260 Å². The topological polar surface area (TPSA) is 66.0 Å². The molecule has 2 aliphatic carbocycles. The average Bonchev–Trinajstić information content (AvgIpc) is 3.59.